The first-order valence-electron chi connectivity index (χ1n) is 10.9. The monoisotopic (exact) mass is 475 g/mol. The van der Waals surface area contributed by atoms with E-state index in [-0.39, 0.29) is 30.8 Å². The van der Waals surface area contributed by atoms with Gasteiger partial charge in [-0.2, -0.15) is 13.2 Å². The number of alkyl halides is 3. The molecule has 3 aromatic rings. The number of carbonyl (C=O) groups is 2. The van der Waals surface area contributed by atoms with Crippen molar-refractivity contribution in [2.75, 3.05) is 13.2 Å². The third kappa shape index (κ3) is 5.13. The van der Waals surface area contributed by atoms with Gasteiger partial charge in [0, 0.05) is 13.1 Å². The summed E-state index contributed by atoms with van der Waals surface area (Å²) in [5.74, 6) is -0.161. The van der Waals surface area contributed by atoms with Gasteiger partial charge in [0.2, 0.25) is 0 Å². The average molecular weight is 475 g/mol. The summed E-state index contributed by atoms with van der Waals surface area (Å²) in [4.78, 5) is 24.5. The minimum atomic E-state index is -4.63. The molecule has 4 rings (SSSR count). The van der Waals surface area contributed by atoms with Crippen LogP contribution < -0.4 is 5.73 Å². The number of ether oxygens (including phenoxy) is 1. The number of aromatic nitrogens is 3. The summed E-state index contributed by atoms with van der Waals surface area (Å²) in [6.07, 6.45) is -2.54. The van der Waals surface area contributed by atoms with Crippen LogP contribution >= 0.6 is 0 Å². The summed E-state index contributed by atoms with van der Waals surface area (Å²) in [5.41, 5.74) is 5.62. The Balaban J connectivity index is 1.62. The highest BCUT2D eigenvalue weighted by Gasteiger charge is 2.38. The lowest BCUT2D eigenvalue weighted by molar-refractivity contribution is -0.143. The topological polar surface area (TPSA) is 103 Å². The maximum absolute atomic E-state index is 14.1. The van der Waals surface area contributed by atoms with E-state index in [1.807, 2.05) is 0 Å². The number of fused-ring (bicyclic) bond motifs is 1. The first kappa shape index (κ1) is 23.5. The third-order valence-corrected chi connectivity index (χ3v) is 5.67. The predicted molar refractivity (Wildman–Crippen MR) is 117 cm³/mol. The van der Waals surface area contributed by atoms with E-state index >= 15 is 0 Å². The lowest BCUT2D eigenvalue weighted by Crippen LogP contribution is -2.39. The van der Waals surface area contributed by atoms with Gasteiger partial charge in [-0.3, -0.25) is 4.79 Å². The molecule has 2 amide bonds. The number of amides is 2. The first-order valence-corrected chi connectivity index (χ1v) is 10.9. The Morgan fingerprint density at radius 3 is 2.47 bits per heavy atom. The summed E-state index contributed by atoms with van der Waals surface area (Å²) in [7, 11) is 0. The van der Waals surface area contributed by atoms with E-state index in [1.54, 1.807) is 25.1 Å². The van der Waals surface area contributed by atoms with E-state index in [4.69, 9.17) is 10.5 Å². The Kier molecular flexibility index (Phi) is 6.45. The number of halogens is 3. The standard InChI is InChI=1S/C23H24F3N5O3/c1-2-34-19(32)13-30(22(27)33)11-14-5-7-16(8-6-14)17-9-10-18-21(20(17)23(24,25)26)28-29-31(18)12-15-3-4-15/h5-10,15H,2-4,11-13H2,1H3,(H2,27,33). The Hall–Kier alpha value is -3.63. The van der Waals surface area contributed by atoms with Crippen LogP contribution in [0.2, 0.25) is 0 Å². The number of primary amides is 1. The van der Waals surface area contributed by atoms with E-state index in [1.165, 1.54) is 22.9 Å². The van der Waals surface area contributed by atoms with E-state index < -0.39 is 23.7 Å². The van der Waals surface area contributed by atoms with Crippen LogP contribution in [0.4, 0.5) is 18.0 Å². The molecule has 0 unspecified atom stereocenters. The fourth-order valence-electron chi connectivity index (χ4n) is 3.83. The zero-order chi connectivity index (χ0) is 24.5. The molecule has 0 bridgehead atoms. The molecule has 1 heterocycles. The quantitative estimate of drug-likeness (QED) is 0.497. The minimum Gasteiger partial charge on any atom is -0.465 e. The first-order chi connectivity index (χ1) is 16.2. The van der Waals surface area contributed by atoms with Crippen molar-refractivity contribution in [1.29, 1.82) is 0 Å². The number of hydrogen-bond acceptors (Lipinski definition) is 5. The number of urea groups is 1. The Bertz CT molecular complexity index is 1200. The zero-order valence-electron chi connectivity index (χ0n) is 18.5. The fourth-order valence-corrected chi connectivity index (χ4v) is 3.83. The number of nitrogens with zero attached hydrogens (tertiary/aromatic N) is 4. The van der Waals surface area contributed by atoms with Crippen LogP contribution in [0.3, 0.4) is 0 Å². The Morgan fingerprint density at radius 1 is 1.18 bits per heavy atom. The number of rotatable bonds is 8. The number of carbonyl (C=O) groups excluding carboxylic acids is 2. The Morgan fingerprint density at radius 2 is 1.88 bits per heavy atom. The molecule has 0 aliphatic heterocycles. The van der Waals surface area contributed by atoms with Crippen molar-refractivity contribution >= 4 is 23.0 Å². The highest BCUT2D eigenvalue weighted by Crippen LogP contribution is 2.41. The summed E-state index contributed by atoms with van der Waals surface area (Å²) in [6, 6.07) is 8.48. The van der Waals surface area contributed by atoms with Gasteiger partial charge >= 0.3 is 18.2 Å². The van der Waals surface area contributed by atoms with Crippen LogP contribution in [-0.4, -0.2) is 45.0 Å². The molecule has 180 valence electrons. The van der Waals surface area contributed by atoms with Gasteiger partial charge in [-0.1, -0.05) is 35.5 Å². The molecule has 2 aromatic carbocycles. The minimum absolute atomic E-state index is 0.00901. The molecule has 11 heteroatoms. The van der Waals surface area contributed by atoms with Crippen molar-refractivity contribution in [3.05, 3.63) is 47.5 Å². The summed E-state index contributed by atoms with van der Waals surface area (Å²) >= 11 is 0. The van der Waals surface area contributed by atoms with E-state index in [0.717, 1.165) is 17.7 Å². The zero-order valence-corrected chi connectivity index (χ0v) is 18.5. The summed E-state index contributed by atoms with van der Waals surface area (Å²) < 4.78 is 48.7. The van der Waals surface area contributed by atoms with Crippen molar-refractivity contribution < 1.29 is 27.5 Å². The van der Waals surface area contributed by atoms with E-state index in [2.05, 4.69) is 10.3 Å². The molecule has 8 nitrogen and oxygen atoms in total. The molecule has 0 radical (unpaired) electrons. The van der Waals surface area contributed by atoms with E-state index in [9.17, 15) is 22.8 Å². The highest BCUT2D eigenvalue weighted by atomic mass is 19.4. The maximum Gasteiger partial charge on any atom is 0.419 e. The molecular formula is C23H24F3N5O3. The molecular weight excluding hydrogens is 451 g/mol. The predicted octanol–water partition coefficient (Wildman–Crippen LogP) is 3.97. The number of nitrogens with two attached hydrogens (primary N) is 1. The van der Waals surface area contributed by atoms with Gasteiger partial charge < -0.3 is 15.4 Å². The number of hydrogen-bond donors (Lipinski definition) is 1. The molecule has 1 fully saturated rings. The second kappa shape index (κ2) is 9.32. The van der Waals surface area contributed by atoms with Gasteiger partial charge in [0.25, 0.3) is 0 Å². The van der Waals surface area contributed by atoms with Crippen LogP contribution in [0.5, 0.6) is 0 Å². The molecule has 0 atom stereocenters. The van der Waals surface area contributed by atoms with Crippen molar-refractivity contribution in [3.8, 4) is 11.1 Å². The van der Waals surface area contributed by atoms with Gasteiger partial charge in [0.05, 0.1) is 17.7 Å². The van der Waals surface area contributed by atoms with Crippen LogP contribution in [0.15, 0.2) is 36.4 Å². The Labute approximate surface area is 193 Å². The molecule has 1 aromatic heterocycles. The second-order valence-electron chi connectivity index (χ2n) is 8.26. The molecule has 1 aliphatic carbocycles. The lowest BCUT2D eigenvalue weighted by Gasteiger charge is -2.19. The van der Waals surface area contributed by atoms with Crippen LogP contribution in [-0.2, 0) is 28.8 Å². The summed E-state index contributed by atoms with van der Waals surface area (Å²) in [6.45, 7) is 2.06. The van der Waals surface area contributed by atoms with Gasteiger partial charge in [-0.25, -0.2) is 9.48 Å². The van der Waals surface area contributed by atoms with E-state index in [0.29, 0.717) is 29.1 Å². The normalized spacial score (nSPS) is 13.8. The van der Waals surface area contributed by atoms with Crippen molar-refractivity contribution in [2.45, 2.75) is 39.0 Å². The van der Waals surface area contributed by atoms with Crippen LogP contribution in [0.1, 0.15) is 30.9 Å². The number of benzene rings is 2. The second-order valence-corrected chi connectivity index (χ2v) is 8.26. The third-order valence-electron chi connectivity index (χ3n) is 5.67. The molecule has 34 heavy (non-hydrogen) atoms. The highest BCUT2D eigenvalue weighted by molar-refractivity contribution is 5.87. The fraction of sp³-hybridized carbons (Fsp3) is 0.391. The molecule has 1 saturated carbocycles. The smallest absolute Gasteiger partial charge is 0.419 e. The van der Waals surface area contributed by atoms with Gasteiger partial charge in [-0.05, 0) is 48.4 Å². The molecule has 0 saturated heterocycles. The van der Waals surface area contributed by atoms with Crippen LogP contribution in [0.25, 0.3) is 22.2 Å². The summed E-state index contributed by atoms with van der Waals surface area (Å²) in [5, 5.41) is 7.83. The largest absolute Gasteiger partial charge is 0.465 e. The lowest BCUT2D eigenvalue weighted by atomic mass is 9.97. The molecule has 1 aliphatic rings. The molecule has 0 spiro atoms. The SMILES string of the molecule is CCOC(=O)CN(Cc1ccc(-c2ccc3c(nnn3CC3CC3)c2C(F)(F)F)cc1)C(N)=O. The van der Waals surface area contributed by atoms with Gasteiger partial charge in [0.15, 0.2) is 0 Å². The van der Waals surface area contributed by atoms with Gasteiger partial charge in [0.1, 0.15) is 12.1 Å². The van der Waals surface area contributed by atoms with Crippen LogP contribution in [0, 0.1) is 5.92 Å². The van der Waals surface area contributed by atoms with Gasteiger partial charge in [-0.15, -0.1) is 5.10 Å². The number of esters is 1. The van der Waals surface area contributed by atoms with Crippen molar-refractivity contribution in [1.82, 2.24) is 19.9 Å². The van der Waals surface area contributed by atoms with Crippen molar-refractivity contribution in [3.63, 3.8) is 0 Å². The average Bonchev–Trinajstić information content (AvgIpc) is 3.51. The van der Waals surface area contributed by atoms with Crippen molar-refractivity contribution in [2.24, 2.45) is 11.7 Å². The molecule has 2 N–H and O–H groups in total. The maximum atomic E-state index is 14.1.